The molecule has 3 fully saturated rings. The third kappa shape index (κ3) is 4.01. The monoisotopic (exact) mass is 480 g/mol. The van der Waals surface area contributed by atoms with Gasteiger partial charge >= 0.3 is 180 Å². The van der Waals surface area contributed by atoms with E-state index in [1.165, 1.54) is 63.1 Å². The van der Waals surface area contributed by atoms with Crippen LogP contribution in [0.15, 0.2) is 11.6 Å². The van der Waals surface area contributed by atoms with E-state index in [1.54, 1.807) is 5.57 Å². The minimum atomic E-state index is -0.0679. The molecule has 0 amide bonds. The number of allylic oxidation sites excluding steroid dienone is 1. The standard InChI is InChI=1S/C28H48OSe/c1-19(2)7-6-8-20(3)24-11-12-25-23-10-9-21-17-22(29)13-16-28(21,18-30-5)26(23)14-15-27(24,25)4/h9,19-20,22-26,29H,6-8,10-18H2,1-5H3/t20-,22+,23+,24?,25+,26+,27-,28-/m1/s1. The molecule has 4 aliphatic rings. The predicted octanol–water partition coefficient (Wildman–Crippen LogP) is 7.54. The summed E-state index contributed by atoms with van der Waals surface area (Å²) in [5.74, 6) is 7.97. The van der Waals surface area contributed by atoms with E-state index in [4.69, 9.17) is 0 Å². The molecule has 0 bridgehead atoms. The Kier molecular flexibility index (Phi) is 7.19. The van der Waals surface area contributed by atoms with Gasteiger partial charge in [0.1, 0.15) is 0 Å². The number of rotatable bonds is 7. The molecule has 4 rings (SSSR count). The van der Waals surface area contributed by atoms with Gasteiger partial charge in [0.05, 0.1) is 0 Å². The Labute approximate surface area is 193 Å². The van der Waals surface area contributed by atoms with Crippen molar-refractivity contribution in [2.45, 2.75) is 116 Å². The van der Waals surface area contributed by atoms with Crippen LogP contribution in [0, 0.1) is 46.3 Å². The Bertz CT molecular complexity index is 626. The molecular weight excluding hydrogens is 431 g/mol. The van der Waals surface area contributed by atoms with Crippen LogP contribution in [0.2, 0.25) is 11.1 Å². The molecular formula is C28H48OSe. The van der Waals surface area contributed by atoms with Crippen molar-refractivity contribution in [3.05, 3.63) is 11.6 Å². The number of aliphatic hydroxyl groups is 1. The van der Waals surface area contributed by atoms with E-state index in [2.05, 4.69) is 39.6 Å². The Morgan fingerprint density at radius 1 is 1.07 bits per heavy atom. The van der Waals surface area contributed by atoms with Crippen molar-refractivity contribution in [1.82, 2.24) is 0 Å². The van der Waals surface area contributed by atoms with E-state index in [9.17, 15) is 5.11 Å². The predicted molar refractivity (Wildman–Crippen MR) is 130 cm³/mol. The Balaban J connectivity index is 1.53. The number of aliphatic hydroxyl groups excluding tert-OH is 1. The van der Waals surface area contributed by atoms with Gasteiger partial charge in [0.2, 0.25) is 0 Å². The van der Waals surface area contributed by atoms with E-state index in [0.29, 0.717) is 10.8 Å². The second kappa shape index (κ2) is 9.23. The fraction of sp³-hybridized carbons (Fsp3) is 0.929. The fourth-order valence-electron chi connectivity index (χ4n) is 8.99. The second-order valence-electron chi connectivity index (χ2n) is 12.4. The van der Waals surface area contributed by atoms with Crippen LogP contribution in [0.1, 0.15) is 98.3 Å². The van der Waals surface area contributed by atoms with Gasteiger partial charge < -0.3 is 0 Å². The Morgan fingerprint density at radius 3 is 2.60 bits per heavy atom. The van der Waals surface area contributed by atoms with Crippen LogP contribution in [-0.4, -0.2) is 26.2 Å². The van der Waals surface area contributed by atoms with Gasteiger partial charge in [-0.2, -0.15) is 0 Å². The van der Waals surface area contributed by atoms with Crippen LogP contribution >= 0.6 is 0 Å². The topological polar surface area (TPSA) is 20.2 Å². The van der Waals surface area contributed by atoms with Gasteiger partial charge in [0.25, 0.3) is 0 Å². The molecule has 0 aromatic heterocycles. The van der Waals surface area contributed by atoms with Crippen LogP contribution in [-0.2, 0) is 0 Å². The van der Waals surface area contributed by atoms with Gasteiger partial charge in [-0.25, -0.2) is 0 Å². The summed E-state index contributed by atoms with van der Waals surface area (Å²) >= 11 is 0.729. The number of fused-ring (bicyclic) bond motifs is 5. The molecule has 2 heteroatoms. The first kappa shape index (κ1) is 23.4. The molecule has 0 aliphatic heterocycles. The summed E-state index contributed by atoms with van der Waals surface area (Å²) in [5, 5.41) is 11.8. The molecule has 8 atom stereocenters. The third-order valence-electron chi connectivity index (χ3n) is 10.4. The summed E-state index contributed by atoms with van der Waals surface area (Å²) in [4.78, 5) is 0. The van der Waals surface area contributed by atoms with E-state index < -0.39 is 0 Å². The average molecular weight is 480 g/mol. The van der Waals surface area contributed by atoms with E-state index in [1.807, 2.05) is 0 Å². The molecule has 0 aromatic carbocycles. The fourth-order valence-corrected chi connectivity index (χ4v) is 11.2. The van der Waals surface area contributed by atoms with Crippen LogP contribution in [0.25, 0.3) is 0 Å². The molecule has 30 heavy (non-hydrogen) atoms. The zero-order valence-corrected chi connectivity index (χ0v) is 22.2. The molecule has 0 spiro atoms. The number of hydrogen-bond acceptors (Lipinski definition) is 1. The third-order valence-corrected chi connectivity index (χ3v) is 12.1. The first-order valence-electron chi connectivity index (χ1n) is 13.2. The summed E-state index contributed by atoms with van der Waals surface area (Å²) in [6, 6.07) is 0. The van der Waals surface area contributed by atoms with Gasteiger partial charge in [0, 0.05) is 0 Å². The maximum absolute atomic E-state index is 10.4. The number of hydrogen-bond donors (Lipinski definition) is 1. The van der Waals surface area contributed by atoms with Crippen molar-refractivity contribution in [3.63, 3.8) is 0 Å². The zero-order valence-electron chi connectivity index (χ0n) is 20.5. The first-order chi connectivity index (χ1) is 14.3. The van der Waals surface area contributed by atoms with Crippen LogP contribution in [0.4, 0.5) is 0 Å². The van der Waals surface area contributed by atoms with Crippen molar-refractivity contribution < 1.29 is 5.11 Å². The molecule has 172 valence electrons. The summed E-state index contributed by atoms with van der Waals surface area (Å²) in [5.41, 5.74) is 2.75. The van der Waals surface area contributed by atoms with E-state index >= 15 is 0 Å². The maximum atomic E-state index is 10.4. The van der Waals surface area contributed by atoms with Gasteiger partial charge in [-0.05, 0) is 0 Å². The molecule has 0 aromatic rings. The van der Waals surface area contributed by atoms with Crippen molar-refractivity contribution >= 4 is 15.0 Å². The normalized spacial score (nSPS) is 44.2. The summed E-state index contributed by atoms with van der Waals surface area (Å²) in [7, 11) is 0. The van der Waals surface area contributed by atoms with Gasteiger partial charge in [-0.3, -0.25) is 0 Å². The molecule has 0 saturated heterocycles. The Morgan fingerprint density at radius 2 is 1.87 bits per heavy atom. The van der Waals surface area contributed by atoms with E-state index in [0.717, 1.165) is 63.3 Å². The van der Waals surface area contributed by atoms with Gasteiger partial charge in [-0.15, -0.1) is 0 Å². The van der Waals surface area contributed by atoms with Gasteiger partial charge in [-0.1, -0.05) is 13.8 Å². The van der Waals surface area contributed by atoms with Crippen LogP contribution in [0.5, 0.6) is 0 Å². The van der Waals surface area contributed by atoms with E-state index in [-0.39, 0.29) is 6.10 Å². The SMILES string of the molecule is C[Se]C[C@]12CC[C@H](O)CC1=CC[C@@H]1[C@@H]2CC[C@]2(C)C([C@H](C)CCCC(C)C)CC[C@@H]12. The first-order valence-corrected chi connectivity index (χ1v) is 16.1. The minimum absolute atomic E-state index is 0.0679. The zero-order chi connectivity index (χ0) is 21.5. The van der Waals surface area contributed by atoms with Crippen LogP contribution in [0.3, 0.4) is 0 Å². The second-order valence-corrected chi connectivity index (χ2v) is 14.2. The molecule has 1 N–H and O–H groups in total. The van der Waals surface area contributed by atoms with Crippen molar-refractivity contribution in [2.75, 3.05) is 0 Å². The van der Waals surface area contributed by atoms with Gasteiger partial charge in [0.15, 0.2) is 0 Å². The van der Waals surface area contributed by atoms with Crippen molar-refractivity contribution in [3.8, 4) is 0 Å². The average Bonchev–Trinajstić information content (AvgIpc) is 3.05. The molecule has 4 aliphatic carbocycles. The van der Waals surface area contributed by atoms with Crippen LogP contribution < -0.4 is 0 Å². The molecule has 0 radical (unpaired) electrons. The Hall–Kier alpha value is 0.219. The quantitative estimate of drug-likeness (QED) is 0.295. The molecule has 0 heterocycles. The van der Waals surface area contributed by atoms with Crippen molar-refractivity contribution in [1.29, 1.82) is 0 Å². The summed E-state index contributed by atoms with van der Waals surface area (Å²) in [6.07, 6.45) is 17.4. The summed E-state index contributed by atoms with van der Waals surface area (Å²) in [6.45, 7) is 10.1. The summed E-state index contributed by atoms with van der Waals surface area (Å²) < 4.78 is 0. The van der Waals surface area contributed by atoms with Crippen molar-refractivity contribution in [2.24, 2.45) is 46.3 Å². The molecule has 1 unspecified atom stereocenters. The molecule has 3 saturated carbocycles. The molecule has 1 nitrogen and oxygen atoms in total.